The van der Waals surface area contributed by atoms with E-state index in [1.54, 1.807) is 7.11 Å². The van der Waals surface area contributed by atoms with Crippen LogP contribution in [0, 0.1) is 0 Å². The molecule has 98 valence electrons. The van der Waals surface area contributed by atoms with Crippen molar-refractivity contribution >= 4 is 0 Å². The van der Waals surface area contributed by atoms with Gasteiger partial charge in [0, 0.05) is 20.3 Å². The summed E-state index contributed by atoms with van der Waals surface area (Å²) in [5, 5.41) is 3.38. The maximum atomic E-state index is 5.54. The Morgan fingerprint density at radius 1 is 1.06 bits per heavy atom. The zero-order valence-electron chi connectivity index (χ0n) is 11.5. The Balaban J connectivity index is 3.10. The molecular weight excluding hydrogens is 202 g/mol. The van der Waals surface area contributed by atoms with Crippen LogP contribution in [-0.2, 0) is 9.47 Å². The molecule has 1 N–H and O–H groups in total. The van der Waals surface area contributed by atoms with Crippen molar-refractivity contribution in [1.82, 2.24) is 5.32 Å². The average Bonchev–Trinajstić information content (AvgIpc) is 2.27. The van der Waals surface area contributed by atoms with E-state index in [9.17, 15) is 0 Å². The smallest absolute Gasteiger partial charge is 0.0644 e. The van der Waals surface area contributed by atoms with Gasteiger partial charge in [0.2, 0.25) is 0 Å². The Hall–Kier alpha value is -0.120. The molecule has 0 aromatic carbocycles. The molecule has 16 heavy (non-hydrogen) atoms. The molecule has 0 heterocycles. The van der Waals surface area contributed by atoms with Crippen molar-refractivity contribution in [3.63, 3.8) is 0 Å². The molecule has 3 heteroatoms. The fourth-order valence-corrected chi connectivity index (χ4v) is 1.29. The van der Waals surface area contributed by atoms with Crippen LogP contribution < -0.4 is 5.32 Å². The van der Waals surface area contributed by atoms with Gasteiger partial charge in [0.05, 0.1) is 12.2 Å². The molecule has 0 atom stereocenters. The first-order valence-corrected chi connectivity index (χ1v) is 6.46. The number of hydrogen-bond donors (Lipinski definition) is 1. The third-order valence-corrected chi connectivity index (χ3v) is 2.78. The topological polar surface area (TPSA) is 30.5 Å². The predicted octanol–water partition coefficient (Wildman–Crippen LogP) is 2.60. The minimum Gasteiger partial charge on any atom is -0.380 e. The molecule has 3 nitrogen and oxygen atoms in total. The van der Waals surface area contributed by atoms with Crippen molar-refractivity contribution < 1.29 is 9.47 Å². The molecule has 0 saturated carbocycles. The summed E-state index contributed by atoms with van der Waals surface area (Å²) >= 11 is 0. The van der Waals surface area contributed by atoms with Gasteiger partial charge in [-0.2, -0.15) is 0 Å². The molecule has 0 bridgehead atoms. The van der Waals surface area contributed by atoms with Gasteiger partial charge < -0.3 is 14.8 Å². The van der Waals surface area contributed by atoms with E-state index in [0.29, 0.717) is 0 Å². The summed E-state index contributed by atoms with van der Waals surface area (Å²) in [7, 11) is 1.75. The standard InChI is InChI=1S/C13H29NO2/c1-5-6-7-9-14-10-12-16-11-8-13(2,3)15-4/h14H,5-12H2,1-4H3. The van der Waals surface area contributed by atoms with E-state index >= 15 is 0 Å². The second-order valence-electron chi connectivity index (χ2n) is 4.78. The number of ether oxygens (including phenoxy) is 2. The minimum atomic E-state index is -0.0610. The molecule has 0 spiro atoms. The minimum absolute atomic E-state index is 0.0610. The quantitative estimate of drug-likeness (QED) is 0.554. The van der Waals surface area contributed by atoms with Crippen molar-refractivity contribution in [2.45, 2.75) is 52.1 Å². The van der Waals surface area contributed by atoms with Gasteiger partial charge in [-0.05, 0) is 33.2 Å². The largest absolute Gasteiger partial charge is 0.380 e. The van der Waals surface area contributed by atoms with Crippen LogP contribution in [0.2, 0.25) is 0 Å². The highest BCUT2D eigenvalue weighted by atomic mass is 16.5. The first-order chi connectivity index (χ1) is 7.62. The molecule has 0 rings (SSSR count). The fourth-order valence-electron chi connectivity index (χ4n) is 1.29. The van der Waals surface area contributed by atoms with Crippen molar-refractivity contribution in [1.29, 1.82) is 0 Å². The number of methoxy groups -OCH3 is 1. The van der Waals surface area contributed by atoms with Gasteiger partial charge in [-0.3, -0.25) is 0 Å². The molecule has 0 aliphatic rings. The van der Waals surface area contributed by atoms with E-state index in [1.165, 1.54) is 19.3 Å². The molecule has 0 aromatic rings. The average molecular weight is 231 g/mol. The van der Waals surface area contributed by atoms with Crippen molar-refractivity contribution in [2.24, 2.45) is 0 Å². The van der Waals surface area contributed by atoms with Gasteiger partial charge in [0.25, 0.3) is 0 Å². The number of unbranched alkanes of at least 4 members (excludes halogenated alkanes) is 2. The van der Waals surface area contributed by atoms with Crippen LogP contribution in [0.5, 0.6) is 0 Å². The van der Waals surface area contributed by atoms with E-state index in [0.717, 1.165) is 32.7 Å². The molecule has 0 unspecified atom stereocenters. The van der Waals surface area contributed by atoms with E-state index in [4.69, 9.17) is 9.47 Å². The van der Waals surface area contributed by atoms with Gasteiger partial charge in [-0.15, -0.1) is 0 Å². The summed E-state index contributed by atoms with van der Waals surface area (Å²) in [6.07, 6.45) is 4.81. The van der Waals surface area contributed by atoms with E-state index in [2.05, 4.69) is 26.1 Å². The highest BCUT2D eigenvalue weighted by Gasteiger charge is 2.15. The molecule has 0 amide bonds. The summed E-state index contributed by atoms with van der Waals surface area (Å²) in [6.45, 7) is 10.0. The maximum Gasteiger partial charge on any atom is 0.0644 e. The van der Waals surface area contributed by atoms with Crippen molar-refractivity contribution in [3.05, 3.63) is 0 Å². The lowest BCUT2D eigenvalue weighted by Crippen LogP contribution is -2.26. The van der Waals surface area contributed by atoms with E-state index in [-0.39, 0.29) is 5.60 Å². The third-order valence-electron chi connectivity index (χ3n) is 2.78. The molecular formula is C13H29NO2. The lowest BCUT2D eigenvalue weighted by atomic mass is 10.1. The second kappa shape index (κ2) is 10.1. The lowest BCUT2D eigenvalue weighted by Gasteiger charge is -2.22. The van der Waals surface area contributed by atoms with Crippen LogP contribution >= 0.6 is 0 Å². The van der Waals surface area contributed by atoms with Gasteiger partial charge in [-0.1, -0.05) is 19.8 Å². The van der Waals surface area contributed by atoms with Gasteiger partial charge in [0.1, 0.15) is 0 Å². The lowest BCUT2D eigenvalue weighted by molar-refractivity contribution is -0.00934. The first kappa shape index (κ1) is 15.9. The van der Waals surface area contributed by atoms with Crippen molar-refractivity contribution in [2.75, 3.05) is 33.4 Å². The molecule has 0 fully saturated rings. The molecule has 0 saturated heterocycles. The summed E-state index contributed by atoms with van der Waals surface area (Å²) in [6, 6.07) is 0. The first-order valence-electron chi connectivity index (χ1n) is 6.46. The van der Waals surface area contributed by atoms with Crippen LogP contribution in [-0.4, -0.2) is 39.0 Å². The summed E-state index contributed by atoms with van der Waals surface area (Å²) in [5.41, 5.74) is -0.0610. The van der Waals surface area contributed by atoms with E-state index < -0.39 is 0 Å². The van der Waals surface area contributed by atoms with Gasteiger partial charge >= 0.3 is 0 Å². The molecule has 0 aliphatic carbocycles. The number of hydrogen-bond acceptors (Lipinski definition) is 3. The van der Waals surface area contributed by atoms with Gasteiger partial charge in [-0.25, -0.2) is 0 Å². The fraction of sp³-hybridized carbons (Fsp3) is 1.00. The molecule has 0 aromatic heterocycles. The maximum absolute atomic E-state index is 5.54. The van der Waals surface area contributed by atoms with Crippen LogP contribution in [0.15, 0.2) is 0 Å². The Morgan fingerprint density at radius 3 is 2.44 bits per heavy atom. The van der Waals surface area contributed by atoms with Crippen molar-refractivity contribution in [3.8, 4) is 0 Å². The Morgan fingerprint density at radius 2 is 1.81 bits per heavy atom. The Labute approximate surface area is 101 Å². The zero-order chi connectivity index (χ0) is 12.3. The number of nitrogens with one attached hydrogen (secondary N) is 1. The molecule has 0 radical (unpaired) electrons. The Kier molecular flexibility index (Phi) is 9.99. The predicted molar refractivity (Wildman–Crippen MR) is 68.9 cm³/mol. The zero-order valence-corrected chi connectivity index (χ0v) is 11.5. The monoisotopic (exact) mass is 231 g/mol. The van der Waals surface area contributed by atoms with Gasteiger partial charge in [0.15, 0.2) is 0 Å². The highest BCUT2D eigenvalue weighted by Crippen LogP contribution is 2.12. The van der Waals surface area contributed by atoms with Crippen LogP contribution in [0.25, 0.3) is 0 Å². The third kappa shape index (κ3) is 10.4. The summed E-state index contributed by atoms with van der Waals surface area (Å²) in [5.74, 6) is 0. The highest BCUT2D eigenvalue weighted by molar-refractivity contribution is 4.66. The Bertz CT molecular complexity index is 149. The molecule has 0 aliphatic heterocycles. The van der Waals surface area contributed by atoms with E-state index in [1.807, 2.05) is 0 Å². The number of rotatable bonds is 11. The van der Waals surface area contributed by atoms with Crippen LogP contribution in [0.4, 0.5) is 0 Å². The summed E-state index contributed by atoms with van der Waals surface area (Å²) in [4.78, 5) is 0. The summed E-state index contributed by atoms with van der Waals surface area (Å²) < 4.78 is 10.8. The van der Waals surface area contributed by atoms with Crippen LogP contribution in [0.1, 0.15) is 46.5 Å². The second-order valence-corrected chi connectivity index (χ2v) is 4.78. The SMILES string of the molecule is CCCCCNCCOCCC(C)(C)OC. The normalized spacial score (nSPS) is 12.0. The van der Waals surface area contributed by atoms with Crippen LogP contribution in [0.3, 0.4) is 0 Å².